The van der Waals surface area contributed by atoms with Gasteiger partial charge in [0.15, 0.2) is 0 Å². The van der Waals surface area contributed by atoms with Gasteiger partial charge in [-0.2, -0.15) is 0 Å². The van der Waals surface area contributed by atoms with Crippen molar-refractivity contribution in [2.75, 3.05) is 20.2 Å². The zero-order valence-corrected chi connectivity index (χ0v) is 12.8. The number of rotatable bonds is 4. The highest BCUT2D eigenvalue weighted by molar-refractivity contribution is 5.99. The fraction of sp³-hybridized carbons (Fsp3) is 0.438. The summed E-state index contributed by atoms with van der Waals surface area (Å²) in [7, 11) is 1.60. The number of ether oxygens (including phenoxy) is 1. The number of amides is 1. The Labute approximate surface area is 128 Å². The van der Waals surface area contributed by atoms with Crippen LogP contribution in [0.25, 0.3) is 10.9 Å². The number of H-pyrrole nitrogens is 1. The summed E-state index contributed by atoms with van der Waals surface area (Å²) in [6, 6.07) is 7.06. The van der Waals surface area contributed by atoms with E-state index in [9.17, 15) is 9.90 Å². The van der Waals surface area contributed by atoms with Crippen LogP contribution in [0.2, 0.25) is 0 Å². The summed E-state index contributed by atoms with van der Waals surface area (Å²) in [6.45, 7) is 3.09. The minimum Gasteiger partial charge on any atom is -0.496 e. The molecule has 2 aromatic rings. The van der Waals surface area contributed by atoms with Crippen LogP contribution in [0.15, 0.2) is 24.3 Å². The van der Waals surface area contributed by atoms with Crippen LogP contribution in [-0.2, 0) is 0 Å². The predicted octanol–water partition coefficient (Wildman–Crippen LogP) is 1.02. The Kier molecular flexibility index (Phi) is 3.80. The highest BCUT2D eigenvalue weighted by Crippen LogP contribution is 2.26. The number of methoxy groups -OCH3 is 1. The molecular formula is C16H21N3O3. The first-order valence-corrected chi connectivity index (χ1v) is 7.43. The number of hydrogen-bond acceptors (Lipinski definition) is 4. The van der Waals surface area contributed by atoms with Gasteiger partial charge < -0.3 is 25.5 Å². The Balaban J connectivity index is 1.80. The molecule has 4 N–H and O–H groups in total. The van der Waals surface area contributed by atoms with Crippen LogP contribution >= 0.6 is 0 Å². The van der Waals surface area contributed by atoms with Crippen LogP contribution in [0.1, 0.15) is 23.8 Å². The third-order valence-corrected chi connectivity index (χ3v) is 4.41. The van der Waals surface area contributed by atoms with Gasteiger partial charge in [-0.1, -0.05) is 6.07 Å². The number of benzene rings is 1. The molecule has 1 aliphatic heterocycles. The van der Waals surface area contributed by atoms with E-state index < -0.39 is 5.60 Å². The average molecular weight is 303 g/mol. The van der Waals surface area contributed by atoms with Crippen molar-refractivity contribution in [3.63, 3.8) is 0 Å². The van der Waals surface area contributed by atoms with E-state index in [1.165, 1.54) is 0 Å². The van der Waals surface area contributed by atoms with Crippen molar-refractivity contribution in [1.82, 2.24) is 15.6 Å². The zero-order valence-electron chi connectivity index (χ0n) is 12.8. The lowest BCUT2D eigenvalue weighted by atomic mass is 9.94. The molecule has 2 unspecified atom stereocenters. The van der Waals surface area contributed by atoms with Crippen molar-refractivity contribution in [1.29, 1.82) is 0 Å². The van der Waals surface area contributed by atoms with Gasteiger partial charge in [-0.05, 0) is 38.1 Å². The van der Waals surface area contributed by atoms with E-state index in [1.807, 2.05) is 25.1 Å². The Bertz CT molecular complexity index is 689. The Morgan fingerprint density at radius 3 is 3.00 bits per heavy atom. The highest BCUT2D eigenvalue weighted by atomic mass is 16.5. The van der Waals surface area contributed by atoms with Gasteiger partial charge in [-0.15, -0.1) is 0 Å². The Morgan fingerprint density at radius 1 is 1.50 bits per heavy atom. The quantitative estimate of drug-likeness (QED) is 0.679. The van der Waals surface area contributed by atoms with E-state index in [0.717, 1.165) is 23.2 Å². The van der Waals surface area contributed by atoms with Gasteiger partial charge in [0, 0.05) is 17.4 Å². The van der Waals surface area contributed by atoms with Crippen LogP contribution in [-0.4, -0.2) is 47.8 Å². The molecule has 0 radical (unpaired) electrons. The first kappa shape index (κ1) is 14.9. The largest absolute Gasteiger partial charge is 0.496 e. The number of aliphatic hydroxyl groups is 1. The van der Waals surface area contributed by atoms with E-state index in [0.29, 0.717) is 18.7 Å². The lowest BCUT2D eigenvalue weighted by Crippen LogP contribution is -2.52. The summed E-state index contributed by atoms with van der Waals surface area (Å²) in [5.41, 5.74) is 0.415. The van der Waals surface area contributed by atoms with Crippen molar-refractivity contribution in [2.24, 2.45) is 0 Å². The predicted molar refractivity (Wildman–Crippen MR) is 84.2 cm³/mol. The number of aromatic nitrogens is 1. The van der Waals surface area contributed by atoms with E-state index >= 15 is 0 Å². The summed E-state index contributed by atoms with van der Waals surface area (Å²) >= 11 is 0. The maximum Gasteiger partial charge on any atom is 0.268 e. The molecule has 1 aliphatic rings. The molecule has 6 nitrogen and oxygen atoms in total. The fourth-order valence-electron chi connectivity index (χ4n) is 2.90. The molecule has 1 aromatic carbocycles. The molecule has 1 saturated heterocycles. The van der Waals surface area contributed by atoms with Gasteiger partial charge in [0.2, 0.25) is 0 Å². The van der Waals surface area contributed by atoms with Gasteiger partial charge in [0.05, 0.1) is 18.8 Å². The first-order valence-electron chi connectivity index (χ1n) is 7.43. The molecule has 0 saturated carbocycles. The Morgan fingerprint density at radius 2 is 2.32 bits per heavy atom. The molecule has 118 valence electrons. The van der Waals surface area contributed by atoms with E-state index in [-0.39, 0.29) is 11.9 Å². The van der Waals surface area contributed by atoms with Crippen molar-refractivity contribution in [3.05, 3.63) is 30.0 Å². The molecule has 1 fully saturated rings. The van der Waals surface area contributed by atoms with Gasteiger partial charge in [-0.3, -0.25) is 4.79 Å². The molecular weight excluding hydrogens is 282 g/mol. The number of β-amino-alcohol motifs (C(OH)–C–C–N with tert-alkyl or cyclic N) is 1. The number of nitrogens with one attached hydrogen (secondary N) is 3. The molecule has 1 aromatic heterocycles. The van der Waals surface area contributed by atoms with Gasteiger partial charge in [-0.25, -0.2) is 0 Å². The lowest BCUT2D eigenvalue weighted by molar-refractivity contribution is 0.0256. The second-order valence-electron chi connectivity index (χ2n) is 5.83. The molecule has 0 spiro atoms. The molecule has 2 heterocycles. The number of hydrogen-bond donors (Lipinski definition) is 4. The minimum atomic E-state index is -0.890. The van der Waals surface area contributed by atoms with Crippen LogP contribution in [0.5, 0.6) is 5.75 Å². The second-order valence-corrected chi connectivity index (χ2v) is 5.83. The Hall–Kier alpha value is -2.05. The third-order valence-electron chi connectivity index (χ3n) is 4.41. The van der Waals surface area contributed by atoms with E-state index in [1.54, 1.807) is 13.2 Å². The molecule has 3 rings (SSSR count). The normalized spacial score (nSPS) is 22.7. The molecule has 22 heavy (non-hydrogen) atoms. The van der Waals surface area contributed by atoms with E-state index in [2.05, 4.69) is 15.6 Å². The zero-order chi connectivity index (χ0) is 15.7. The number of carbonyl (C=O) groups is 1. The molecule has 2 atom stereocenters. The summed E-state index contributed by atoms with van der Waals surface area (Å²) < 4.78 is 5.30. The number of carbonyl (C=O) groups excluding carboxylic acids is 1. The van der Waals surface area contributed by atoms with Crippen LogP contribution < -0.4 is 15.4 Å². The third kappa shape index (κ3) is 2.55. The topological polar surface area (TPSA) is 86.4 Å². The monoisotopic (exact) mass is 303 g/mol. The van der Waals surface area contributed by atoms with Crippen LogP contribution in [0, 0.1) is 0 Å². The van der Waals surface area contributed by atoms with Gasteiger partial charge in [0.25, 0.3) is 5.91 Å². The first-order chi connectivity index (χ1) is 10.5. The molecule has 1 amide bonds. The highest BCUT2D eigenvalue weighted by Gasteiger charge is 2.37. The maximum atomic E-state index is 12.4. The fourth-order valence-corrected chi connectivity index (χ4v) is 2.90. The lowest BCUT2D eigenvalue weighted by Gasteiger charge is -2.29. The molecule has 0 aliphatic carbocycles. The summed E-state index contributed by atoms with van der Waals surface area (Å²) in [4.78, 5) is 15.5. The maximum absolute atomic E-state index is 12.4. The molecule has 6 heteroatoms. The minimum absolute atomic E-state index is 0.230. The molecule has 0 bridgehead atoms. The summed E-state index contributed by atoms with van der Waals surface area (Å²) in [5.74, 6) is 0.491. The van der Waals surface area contributed by atoms with Crippen molar-refractivity contribution in [2.45, 2.75) is 25.0 Å². The van der Waals surface area contributed by atoms with Crippen molar-refractivity contribution in [3.8, 4) is 5.75 Å². The van der Waals surface area contributed by atoms with E-state index in [4.69, 9.17) is 4.74 Å². The summed E-state index contributed by atoms with van der Waals surface area (Å²) in [5, 5.41) is 17.3. The smallest absolute Gasteiger partial charge is 0.268 e. The number of fused-ring (bicyclic) bond motifs is 1. The second kappa shape index (κ2) is 5.62. The average Bonchev–Trinajstić information content (AvgIpc) is 3.13. The standard InChI is InChI=1S/C16H21N3O3/c1-10(16(21)6-7-17-9-16)18-15(20)13-8-11-12(19-13)4-3-5-14(11)22-2/h3-5,8,10,17,19,21H,6-7,9H2,1-2H3,(H,18,20). The van der Waals surface area contributed by atoms with Crippen molar-refractivity contribution >= 4 is 16.8 Å². The van der Waals surface area contributed by atoms with Gasteiger partial charge >= 0.3 is 0 Å². The van der Waals surface area contributed by atoms with Crippen LogP contribution in [0.4, 0.5) is 0 Å². The van der Waals surface area contributed by atoms with Crippen molar-refractivity contribution < 1.29 is 14.6 Å². The van der Waals surface area contributed by atoms with Crippen LogP contribution in [0.3, 0.4) is 0 Å². The summed E-state index contributed by atoms with van der Waals surface area (Å²) in [6.07, 6.45) is 0.634. The number of aromatic amines is 1. The SMILES string of the molecule is COc1cccc2[nH]c(C(=O)NC(C)C3(O)CCNC3)cc12. The van der Waals surface area contributed by atoms with Gasteiger partial charge in [0.1, 0.15) is 11.4 Å².